The zero-order valence-electron chi connectivity index (χ0n) is 17.8. The number of nitrogens with zero attached hydrogens (tertiary/aromatic N) is 5. The Balaban J connectivity index is 2.01. The van der Waals surface area contributed by atoms with Crippen molar-refractivity contribution < 1.29 is 18.0 Å². The standard InChI is InChI=1S/C21H24F3N7O/c1-4-5-29(6-7-32-3)13(2)17-9-18(31(24)26)15(10-27-17)20(25)19-11-28-21-16(23)8-14(22)12-30(19)21/h8-12,25H,2,4-7,26H2,1,3H3. The Morgan fingerprint density at radius 1 is 1.25 bits per heavy atom. The van der Waals surface area contributed by atoms with Gasteiger partial charge in [0.05, 0.1) is 35.6 Å². The first-order valence-electron chi connectivity index (χ1n) is 9.83. The number of imidazole rings is 1. The summed E-state index contributed by atoms with van der Waals surface area (Å²) >= 11 is 0. The highest BCUT2D eigenvalue weighted by molar-refractivity contribution is 6.13. The Bertz CT molecular complexity index is 1150. The van der Waals surface area contributed by atoms with Crippen LogP contribution < -0.4 is 11.1 Å². The summed E-state index contributed by atoms with van der Waals surface area (Å²) < 4.78 is 48.1. The molecule has 3 aromatic rings. The lowest BCUT2D eigenvalue weighted by atomic mass is 10.1. The molecule has 3 rings (SSSR count). The molecule has 3 aromatic heterocycles. The maximum absolute atomic E-state index is 14.2. The molecule has 32 heavy (non-hydrogen) atoms. The zero-order chi connectivity index (χ0) is 23.4. The molecule has 11 heteroatoms. The molecule has 0 fully saturated rings. The largest absolute Gasteiger partial charge is 0.383 e. The predicted molar refractivity (Wildman–Crippen MR) is 116 cm³/mol. The first kappa shape index (κ1) is 23.2. The number of hydrogen-bond donors (Lipinski definition) is 2. The van der Waals surface area contributed by atoms with E-state index in [1.165, 1.54) is 18.5 Å². The fourth-order valence-electron chi connectivity index (χ4n) is 3.32. The highest BCUT2D eigenvalue weighted by atomic mass is 19.2. The highest BCUT2D eigenvalue weighted by Crippen LogP contribution is 2.27. The second-order valence-corrected chi connectivity index (χ2v) is 7.04. The van der Waals surface area contributed by atoms with E-state index < -0.39 is 11.6 Å². The average Bonchev–Trinajstić information content (AvgIpc) is 3.19. The van der Waals surface area contributed by atoms with Gasteiger partial charge in [0.1, 0.15) is 11.5 Å². The Labute approximate surface area is 183 Å². The third-order valence-corrected chi connectivity index (χ3v) is 4.90. The van der Waals surface area contributed by atoms with Crippen LogP contribution in [-0.2, 0) is 4.74 Å². The van der Waals surface area contributed by atoms with Gasteiger partial charge in [-0.2, -0.15) is 0 Å². The summed E-state index contributed by atoms with van der Waals surface area (Å²) in [5, 5.41) is 8.39. The minimum Gasteiger partial charge on any atom is -0.383 e. The first-order chi connectivity index (χ1) is 15.3. The first-order valence-corrected chi connectivity index (χ1v) is 9.83. The zero-order valence-corrected chi connectivity index (χ0v) is 17.8. The van der Waals surface area contributed by atoms with Crippen molar-refractivity contribution in [3.05, 3.63) is 65.9 Å². The van der Waals surface area contributed by atoms with E-state index in [0.717, 1.165) is 17.0 Å². The van der Waals surface area contributed by atoms with Crippen LogP contribution in [0.15, 0.2) is 37.3 Å². The SMILES string of the molecule is C=C(c1cc(N(N)F)c(C(=N)c2cnc3c(F)cc(F)cn23)cn1)N(CCC)CCOC. The molecule has 8 nitrogen and oxygen atoms in total. The Kier molecular flexibility index (Phi) is 7.11. The van der Waals surface area contributed by atoms with Crippen molar-refractivity contribution in [2.45, 2.75) is 13.3 Å². The summed E-state index contributed by atoms with van der Waals surface area (Å²) in [6.45, 7) is 7.81. The highest BCUT2D eigenvalue weighted by Gasteiger charge is 2.21. The Morgan fingerprint density at radius 2 is 2.00 bits per heavy atom. The number of rotatable bonds is 10. The van der Waals surface area contributed by atoms with Gasteiger partial charge in [0.15, 0.2) is 11.5 Å². The number of methoxy groups -OCH3 is 1. The van der Waals surface area contributed by atoms with Crippen LogP contribution in [-0.4, -0.2) is 51.8 Å². The van der Waals surface area contributed by atoms with Crippen molar-refractivity contribution in [2.75, 3.05) is 32.0 Å². The van der Waals surface area contributed by atoms with E-state index in [-0.39, 0.29) is 33.5 Å². The molecule has 0 aliphatic carbocycles. The number of hydrazine groups is 1. The molecule has 0 saturated heterocycles. The topological polar surface area (TPSA) is 95.8 Å². The third kappa shape index (κ3) is 4.58. The van der Waals surface area contributed by atoms with Crippen molar-refractivity contribution in [1.29, 1.82) is 5.41 Å². The van der Waals surface area contributed by atoms with Crippen LogP contribution in [0.25, 0.3) is 11.3 Å². The number of aromatic nitrogens is 3. The van der Waals surface area contributed by atoms with Crippen LogP contribution >= 0.6 is 0 Å². The number of halogens is 3. The van der Waals surface area contributed by atoms with Gasteiger partial charge < -0.3 is 9.64 Å². The lowest BCUT2D eigenvalue weighted by Crippen LogP contribution is -2.28. The van der Waals surface area contributed by atoms with E-state index in [1.54, 1.807) is 7.11 Å². The number of nitrogens with two attached hydrogens (primary N) is 1. The molecule has 0 aliphatic rings. The second-order valence-electron chi connectivity index (χ2n) is 7.04. The van der Waals surface area contributed by atoms with Gasteiger partial charge in [0, 0.05) is 44.2 Å². The summed E-state index contributed by atoms with van der Waals surface area (Å²) in [5.74, 6) is 3.66. The molecule has 0 unspecified atom stereocenters. The van der Waals surface area contributed by atoms with Gasteiger partial charge in [-0.1, -0.05) is 18.0 Å². The molecule has 0 aromatic carbocycles. The number of fused-ring (bicyclic) bond motifs is 1. The average molecular weight is 447 g/mol. The third-order valence-electron chi connectivity index (χ3n) is 4.90. The molecule has 0 radical (unpaired) electrons. The van der Waals surface area contributed by atoms with Gasteiger partial charge in [0.2, 0.25) is 0 Å². The molecular weight excluding hydrogens is 423 g/mol. The summed E-state index contributed by atoms with van der Waals surface area (Å²) in [6.07, 6.45) is 4.31. The molecule has 3 heterocycles. The molecule has 0 spiro atoms. The monoisotopic (exact) mass is 447 g/mol. The normalized spacial score (nSPS) is 11.1. The Hall–Kier alpha value is -3.44. The number of hydrogen-bond acceptors (Lipinski definition) is 7. The summed E-state index contributed by atoms with van der Waals surface area (Å²) in [5.41, 5.74) is 0.382. The van der Waals surface area contributed by atoms with Crippen LogP contribution in [0.2, 0.25) is 0 Å². The van der Waals surface area contributed by atoms with Gasteiger partial charge in [-0.3, -0.25) is 14.8 Å². The molecule has 0 amide bonds. The lowest BCUT2D eigenvalue weighted by molar-refractivity contribution is 0.173. The van der Waals surface area contributed by atoms with E-state index in [4.69, 9.17) is 16.0 Å². The van der Waals surface area contributed by atoms with E-state index in [1.807, 2.05) is 11.8 Å². The maximum Gasteiger partial charge on any atom is 0.173 e. The summed E-state index contributed by atoms with van der Waals surface area (Å²) in [6, 6.07) is 2.06. The van der Waals surface area contributed by atoms with E-state index in [0.29, 0.717) is 37.2 Å². The Morgan fingerprint density at radius 3 is 2.66 bits per heavy atom. The van der Waals surface area contributed by atoms with E-state index >= 15 is 0 Å². The van der Waals surface area contributed by atoms with Crippen LogP contribution in [0.1, 0.15) is 30.3 Å². The fraction of sp³-hybridized carbons (Fsp3) is 0.286. The molecular formula is C21H24F3N7O. The minimum absolute atomic E-state index is 0.0111. The summed E-state index contributed by atoms with van der Waals surface area (Å²) in [4.78, 5) is 10.2. The van der Waals surface area contributed by atoms with E-state index in [2.05, 4.69) is 16.5 Å². The second kappa shape index (κ2) is 9.79. The van der Waals surface area contributed by atoms with Crippen LogP contribution in [0.4, 0.5) is 18.9 Å². The van der Waals surface area contributed by atoms with Gasteiger partial charge in [-0.15, -0.1) is 5.23 Å². The molecule has 0 bridgehead atoms. The number of nitrogens with one attached hydrogen (secondary N) is 1. The van der Waals surface area contributed by atoms with Gasteiger partial charge in [0.25, 0.3) is 0 Å². The van der Waals surface area contributed by atoms with Crippen molar-refractivity contribution in [3.63, 3.8) is 0 Å². The summed E-state index contributed by atoms with van der Waals surface area (Å²) in [7, 11) is 1.59. The molecule has 0 aliphatic heterocycles. The van der Waals surface area contributed by atoms with Gasteiger partial charge >= 0.3 is 0 Å². The van der Waals surface area contributed by atoms with Crippen molar-refractivity contribution in [2.24, 2.45) is 5.84 Å². The number of anilines is 1. The van der Waals surface area contributed by atoms with Gasteiger partial charge in [-0.05, 0) is 12.5 Å². The number of ether oxygens (including phenoxy) is 1. The molecule has 170 valence electrons. The van der Waals surface area contributed by atoms with Crippen molar-refractivity contribution in [1.82, 2.24) is 19.3 Å². The van der Waals surface area contributed by atoms with E-state index in [9.17, 15) is 13.3 Å². The minimum atomic E-state index is -0.882. The van der Waals surface area contributed by atoms with Crippen LogP contribution in [0.5, 0.6) is 0 Å². The lowest BCUT2D eigenvalue weighted by Gasteiger charge is -2.26. The molecule has 0 saturated carbocycles. The maximum atomic E-state index is 14.2. The van der Waals surface area contributed by atoms with Crippen LogP contribution in [0, 0.1) is 17.0 Å². The number of pyridine rings is 2. The van der Waals surface area contributed by atoms with Crippen molar-refractivity contribution in [3.8, 4) is 0 Å². The predicted octanol–water partition coefficient (Wildman–Crippen LogP) is 3.32. The van der Waals surface area contributed by atoms with Gasteiger partial charge in [-0.25, -0.2) is 19.6 Å². The molecule has 3 N–H and O–H groups in total. The quantitative estimate of drug-likeness (QED) is 0.214. The smallest absolute Gasteiger partial charge is 0.173 e. The molecule has 0 atom stereocenters. The van der Waals surface area contributed by atoms with Crippen molar-refractivity contribution >= 4 is 22.7 Å². The fourth-order valence-corrected chi connectivity index (χ4v) is 3.32. The van der Waals surface area contributed by atoms with Crippen LogP contribution in [0.3, 0.4) is 0 Å².